The van der Waals surface area contributed by atoms with Gasteiger partial charge in [0, 0.05) is 19.5 Å². The largest absolute Gasteiger partial charge is 0.378 e. The molecule has 1 fully saturated rings. The summed E-state index contributed by atoms with van der Waals surface area (Å²) >= 11 is 0. The van der Waals surface area contributed by atoms with E-state index in [0.29, 0.717) is 6.54 Å². The molecule has 0 aromatic carbocycles. The van der Waals surface area contributed by atoms with E-state index in [4.69, 9.17) is 10.5 Å². The highest BCUT2D eigenvalue weighted by molar-refractivity contribution is 5.85. The predicted octanol–water partition coefficient (Wildman–Crippen LogP) is 0.236. The zero-order valence-electron chi connectivity index (χ0n) is 9.13. The summed E-state index contributed by atoms with van der Waals surface area (Å²) < 4.78 is 5.28. The predicted molar refractivity (Wildman–Crippen MR) is 65.1 cm³/mol. The quantitative estimate of drug-likeness (QED) is 0.825. The molecule has 1 aromatic heterocycles. The van der Waals surface area contributed by atoms with E-state index in [0.717, 1.165) is 44.2 Å². The Balaban J connectivity index is 0.00000128. The minimum atomic E-state index is 0. The number of anilines is 1. The van der Waals surface area contributed by atoms with Crippen LogP contribution in [0.2, 0.25) is 0 Å². The Morgan fingerprint density at radius 2 is 1.88 bits per heavy atom. The van der Waals surface area contributed by atoms with Gasteiger partial charge in [-0.15, -0.1) is 12.4 Å². The molecule has 6 heteroatoms. The second-order valence-electron chi connectivity index (χ2n) is 3.50. The number of nitrogens with zero attached hydrogens (tertiary/aromatic N) is 3. The molecule has 2 heterocycles. The van der Waals surface area contributed by atoms with Crippen LogP contribution >= 0.6 is 12.4 Å². The highest BCUT2D eigenvalue weighted by Gasteiger charge is 2.11. The van der Waals surface area contributed by atoms with Crippen molar-refractivity contribution in [2.24, 2.45) is 5.73 Å². The van der Waals surface area contributed by atoms with Crippen LogP contribution in [0, 0.1) is 0 Å². The average Bonchev–Trinajstić information content (AvgIpc) is 2.32. The third-order valence-electron chi connectivity index (χ3n) is 2.44. The Bertz CT molecular complexity index is 300. The molecule has 0 aliphatic carbocycles. The van der Waals surface area contributed by atoms with Gasteiger partial charge in [-0.05, 0) is 6.54 Å². The molecule has 0 saturated carbocycles. The summed E-state index contributed by atoms with van der Waals surface area (Å²) in [7, 11) is 0. The number of ether oxygens (including phenoxy) is 1. The van der Waals surface area contributed by atoms with Crippen LogP contribution < -0.4 is 10.6 Å². The van der Waals surface area contributed by atoms with E-state index < -0.39 is 0 Å². The van der Waals surface area contributed by atoms with Crippen molar-refractivity contribution >= 4 is 18.1 Å². The van der Waals surface area contributed by atoms with E-state index in [1.807, 2.05) is 12.4 Å². The van der Waals surface area contributed by atoms with E-state index in [-0.39, 0.29) is 12.4 Å². The van der Waals surface area contributed by atoms with E-state index in [9.17, 15) is 0 Å². The molecule has 0 radical (unpaired) electrons. The number of aromatic nitrogens is 2. The molecule has 2 N–H and O–H groups in total. The molecule has 0 bridgehead atoms. The number of hydrogen-bond acceptors (Lipinski definition) is 5. The van der Waals surface area contributed by atoms with Gasteiger partial charge in [0.2, 0.25) is 0 Å². The Labute approximate surface area is 101 Å². The number of nitrogens with two attached hydrogens (primary N) is 1. The van der Waals surface area contributed by atoms with Gasteiger partial charge in [-0.2, -0.15) is 0 Å². The van der Waals surface area contributed by atoms with Crippen molar-refractivity contribution in [3.8, 4) is 0 Å². The summed E-state index contributed by atoms with van der Waals surface area (Å²) in [6.07, 6.45) is 4.47. The average molecular weight is 245 g/mol. The Hall–Kier alpha value is -0.910. The molecule has 90 valence electrons. The summed E-state index contributed by atoms with van der Waals surface area (Å²) in [4.78, 5) is 10.8. The maximum Gasteiger partial charge on any atom is 0.129 e. The van der Waals surface area contributed by atoms with Crippen LogP contribution in [0.25, 0.3) is 0 Å². The van der Waals surface area contributed by atoms with Gasteiger partial charge in [-0.1, -0.05) is 0 Å². The maximum absolute atomic E-state index is 5.43. The lowest BCUT2D eigenvalue weighted by Crippen LogP contribution is -2.36. The van der Waals surface area contributed by atoms with Gasteiger partial charge >= 0.3 is 0 Å². The first kappa shape index (κ1) is 13.2. The van der Waals surface area contributed by atoms with Crippen molar-refractivity contribution in [2.75, 3.05) is 37.7 Å². The summed E-state index contributed by atoms with van der Waals surface area (Å²) in [5.41, 5.74) is 6.50. The summed E-state index contributed by atoms with van der Waals surface area (Å²) in [5, 5.41) is 0. The topological polar surface area (TPSA) is 64.3 Å². The van der Waals surface area contributed by atoms with E-state index in [1.54, 1.807) is 0 Å². The zero-order chi connectivity index (χ0) is 10.5. The van der Waals surface area contributed by atoms with Crippen LogP contribution in [0.5, 0.6) is 0 Å². The van der Waals surface area contributed by atoms with Gasteiger partial charge in [0.1, 0.15) is 5.82 Å². The van der Waals surface area contributed by atoms with Crippen LogP contribution in [-0.4, -0.2) is 42.8 Å². The first-order chi connectivity index (χ1) is 7.40. The van der Waals surface area contributed by atoms with Crippen molar-refractivity contribution < 1.29 is 4.74 Å². The lowest BCUT2D eigenvalue weighted by molar-refractivity contribution is 0.122. The molecule has 1 aliphatic heterocycles. The number of halogens is 1. The molecule has 1 aromatic rings. The third kappa shape index (κ3) is 3.30. The monoisotopic (exact) mass is 244 g/mol. The summed E-state index contributed by atoms with van der Waals surface area (Å²) in [6.45, 7) is 3.99. The van der Waals surface area contributed by atoms with Crippen molar-refractivity contribution in [2.45, 2.75) is 6.42 Å². The van der Waals surface area contributed by atoms with Crippen LogP contribution in [0.3, 0.4) is 0 Å². The Morgan fingerprint density at radius 1 is 1.25 bits per heavy atom. The fourth-order valence-electron chi connectivity index (χ4n) is 1.59. The lowest BCUT2D eigenvalue weighted by atomic mass is 10.3. The number of hydrogen-bond donors (Lipinski definition) is 1. The molecule has 1 aliphatic rings. The van der Waals surface area contributed by atoms with Gasteiger partial charge in [-0.3, -0.25) is 0 Å². The second-order valence-corrected chi connectivity index (χ2v) is 3.50. The second kappa shape index (κ2) is 6.62. The Morgan fingerprint density at radius 3 is 2.44 bits per heavy atom. The molecular weight excluding hydrogens is 228 g/mol. The minimum Gasteiger partial charge on any atom is -0.378 e. The van der Waals surface area contributed by atoms with Crippen LogP contribution in [-0.2, 0) is 11.2 Å². The SMILES string of the molecule is Cl.NCCc1ncc(N2CCOCC2)cn1. The third-order valence-corrected chi connectivity index (χ3v) is 2.44. The van der Waals surface area contributed by atoms with Crippen molar-refractivity contribution in [3.63, 3.8) is 0 Å². The van der Waals surface area contributed by atoms with E-state index >= 15 is 0 Å². The molecule has 5 nitrogen and oxygen atoms in total. The van der Waals surface area contributed by atoms with E-state index in [1.165, 1.54) is 0 Å². The van der Waals surface area contributed by atoms with E-state index in [2.05, 4.69) is 14.9 Å². The van der Waals surface area contributed by atoms with Gasteiger partial charge in [-0.25, -0.2) is 9.97 Å². The molecule has 0 spiro atoms. The molecule has 2 rings (SSSR count). The highest BCUT2D eigenvalue weighted by Crippen LogP contribution is 2.12. The van der Waals surface area contributed by atoms with Crippen LogP contribution in [0.1, 0.15) is 5.82 Å². The number of rotatable bonds is 3. The molecule has 0 unspecified atom stereocenters. The standard InChI is InChI=1S/C10H16N4O.ClH/c11-2-1-10-12-7-9(8-13-10)14-3-5-15-6-4-14;/h7-8H,1-6,11H2;1H. The molecule has 1 saturated heterocycles. The Kier molecular flexibility index (Phi) is 5.45. The van der Waals surface area contributed by atoms with Crippen LogP contribution in [0.4, 0.5) is 5.69 Å². The zero-order valence-corrected chi connectivity index (χ0v) is 9.95. The summed E-state index contributed by atoms with van der Waals surface area (Å²) in [5.74, 6) is 0.814. The molecule has 16 heavy (non-hydrogen) atoms. The lowest BCUT2D eigenvalue weighted by Gasteiger charge is -2.28. The highest BCUT2D eigenvalue weighted by atomic mass is 35.5. The van der Waals surface area contributed by atoms with Gasteiger partial charge in [0.05, 0.1) is 31.3 Å². The minimum absolute atomic E-state index is 0. The first-order valence-corrected chi connectivity index (χ1v) is 5.24. The fourth-order valence-corrected chi connectivity index (χ4v) is 1.59. The first-order valence-electron chi connectivity index (χ1n) is 5.24. The molecule has 0 amide bonds. The smallest absolute Gasteiger partial charge is 0.129 e. The van der Waals surface area contributed by atoms with Crippen molar-refractivity contribution in [1.82, 2.24) is 9.97 Å². The van der Waals surface area contributed by atoms with Crippen LogP contribution in [0.15, 0.2) is 12.4 Å². The van der Waals surface area contributed by atoms with Crippen molar-refractivity contribution in [1.29, 1.82) is 0 Å². The number of morpholine rings is 1. The molecule has 0 atom stereocenters. The maximum atomic E-state index is 5.43. The van der Waals surface area contributed by atoms with Gasteiger partial charge < -0.3 is 15.4 Å². The van der Waals surface area contributed by atoms with Gasteiger partial charge in [0.25, 0.3) is 0 Å². The summed E-state index contributed by atoms with van der Waals surface area (Å²) in [6, 6.07) is 0. The van der Waals surface area contributed by atoms with Gasteiger partial charge in [0.15, 0.2) is 0 Å². The fraction of sp³-hybridized carbons (Fsp3) is 0.600. The van der Waals surface area contributed by atoms with Crippen molar-refractivity contribution in [3.05, 3.63) is 18.2 Å². The molecular formula is C10H17ClN4O. The normalized spacial score (nSPS) is 15.7.